The van der Waals surface area contributed by atoms with Crippen LogP contribution < -0.4 is 4.74 Å². The maximum atomic E-state index is 14.8. The molecule has 0 unspecified atom stereocenters. The van der Waals surface area contributed by atoms with Gasteiger partial charge in [0, 0.05) is 11.6 Å². The number of aliphatic hydroxyl groups is 1. The number of alkyl halides is 4. The number of nitrogens with zero attached hydrogens (tertiary/aromatic N) is 6. The SMILES string of the molecule is C[C@@H](n1cc(/C=C/c2ccc(OCC(F)(F)C(F)F)cc2)nn1)[C@](O)(Cn1cncn1)c1ccc(F)cc1F. The molecule has 0 saturated carbocycles. The standard InChI is InChI=1S/C25H22F6N6O2/c1-16(24(38,12-36-15-32-14-33-36)21-9-5-18(26)10-22(21)27)37-11-19(34-35-37)6-2-17-3-7-20(8-4-17)39-13-25(30,31)23(28)29/h2-11,14-16,23,38H,12-13H2,1H3/b6-2+/t16-,24-/m1/s1. The summed E-state index contributed by atoms with van der Waals surface area (Å²) in [6, 6.07) is 7.69. The van der Waals surface area contributed by atoms with Gasteiger partial charge in [0.25, 0.3) is 0 Å². The minimum Gasteiger partial charge on any atom is -0.487 e. The Kier molecular flexibility index (Phi) is 8.04. The normalized spacial score (nSPS) is 14.6. The van der Waals surface area contributed by atoms with E-state index >= 15 is 0 Å². The lowest BCUT2D eigenvalue weighted by atomic mass is 9.86. The fraction of sp³-hybridized carbons (Fsp3) is 0.280. The molecule has 0 bridgehead atoms. The van der Waals surface area contributed by atoms with Crippen molar-refractivity contribution in [2.45, 2.75) is 37.5 Å². The summed E-state index contributed by atoms with van der Waals surface area (Å²) in [5.41, 5.74) is -1.13. The van der Waals surface area contributed by atoms with Crippen LogP contribution in [0.25, 0.3) is 12.2 Å². The van der Waals surface area contributed by atoms with Gasteiger partial charge in [-0.3, -0.25) is 0 Å². The maximum absolute atomic E-state index is 14.8. The van der Waals surface area contributed by atoms with Gasteiger partial charge in [-0.25, -0.2) is 31.9 Å². The molecule has 14 heteroatoms. The molecule has 0 aliphatic rings. The van der Waals surface area contributed by atoms with Gasteiger partial charge >= 0.3 is 12.3 Å². The van der Waals surface area contributed by atoms with Crippen LogP contribution in [0.3, 0.4) is 0 Å². The minimum absolute atomic E-state index is 0.00747. The molecule has 2 atom stereocenters. The molecule has 0 aliphatic heterocycles. The van der Waals surface area contributed by atoms with Gasteiger partial charge in [0.15, 0.2) is 6.61 Å². The molecule has 0 amide bonds. The molecule has 0 aliphatic carbocycles. The molecule has 0 saturated heterocycles. The third-order valence-electron chi connectivity index (χ3n) is 5.96. The molecule has 0 spiro atoms. The third kappa shape index (κ3) is 6.45. The summed E-state index contributed by atoms with van der Waals surface area (Å²) in [6.07, 6.45) is 3.46. The predicted octanol–water partition coefficient (Wildman–Crippen LogP) is 4.75. The summed E-state index contributed by atoms with van der Waals surface area (Å²) < 4.78 is 86.2. The molecule has 0 fully saturated rings. The Labute approximate surface area is 218 Å². The van der Waals surface area contributed by atoms with Gasteiger partial charge in [-0.15, -0.1) is 5.10 Å². The van der Waals surface area contributed by atoms with Crippen molar-refractivity contribution in [2.24, 2.45) is 0 Å². The summed E-state index contributed by atoms with van der Waals surface area (Å²) in [5.74, 6) is -6.02. The second kappa shape index (κ2) is 11.3. The largest absolute Gasteiger partial charge is 0.487 e. The van der Waals surface area contributed by atoms with E-state index in [0.717, 1.165) is 12.1 Å². The van der Waals surface area contributed by atoms with Crippen LogP contribution in [0, 0.1) is 11.6 Å². The maximum Gasteiger partial charge on any atom is 0.340 e. The molecular weight excluding hydrogens is 530 g/mol. The van der Waals surface area contributed by atoms with E-state index in [2.05, 4.69) is 20.4 Å². The number of benzene rings is 2. The Balaban J connectivity index is 1.50. The van der Waals surface area contributed by atoms with E-state index in [1.54, 1.807) is 19.1 Å². The molecule has 39 heavy (non-hydrogen) atoms. The van der Waals surface area contributed by atoms with Crippen molar-refractivity contribution in [2.75, 3.05) is 6.61 Å². The fourth-order valence-corrected chi connectivity index (χ4v) is 3.72. The highest BCUT2D eigenvalue weighted by Gasteiger charge is 2.42. The van der Waals surface area contributed by atoms with Crippen molar-refractivity contribution in [3.8, 4) is 5.75 Å². The summed E-state index contributed by atoms with van der Waals surface area (Å²) in [4.78, 5) is 3.83. The highest BCUT2D eigenvalue weighted by atomic mass is 19.3. The molecular formula is C25H22F6N6O2. The molecule has 4 aromatic rings. The average molecular weight is 552 g/mol. The van der Waals surface area contributed by atoms with E-state index in [9.17, 15) is 31.4 Å². The van der Waals surface area contributed by atoms with Crippen molar-refractivity contribution < 1.29 is 36.2 Å². The number of halogens is 6. The van der Waals surface area contributed by atoms with Crippen LogP contribution in [0.15, 0.2) is 61.3 Å². The van der Waals surface area contributed by atoms with Crippen LogP contribution in [0.5, 0.6) is 5.75 Å². The van der Waals surface area contributed by atoms with Gasteiger partial charge < -0.3 is 9.84 Å². The van der Waals surface area contributed by atoms with Crippen LogP contribution in [0.1, 0.15) is 29.8 Å². The third-order valence-corrected chi connectivity index (χ3v) is 5.96. The van der Waals surface area contributed by atoms with Crippen LogP contribution in [-0.4, -0.2) is 53.8 Å². The van der Waals surface area contributed by atoms with Gasteiger partial charge in [-0.1, -0.05) is 29.5 Å². The Hall–Kier alpha value is -4.20. The molecule has 2 aromatic carbocycles. The highest BCUT2D eigenvalue weighted by Crippen LogP contribution is 2.36. The smallest absolute Gasteiger partial charge is 0.340 e. The summed E-state index contributed by atoms with van der Waals surface area (Å²) in [6.45, 7) is -0.0934. The molecule has 2 heterocycles. The van der Waals surface area contributed by atoms with Crippen molar-refractivity contribution >= 4 is 12.2 Å². The van der Waals surface area contributed by atoms with Crippen LogP contribution >= 0.6 is 0 Å². The van der Waals surface area contributed by atoms with Crippen LogP contribution in [-0.2, 0) is 12.1 Å². The monoisotopic (exact) mass is 552 g/mol. The second-order valence-electron chi connectivity index (χ2n) is 8.69. The minimum atomic E-state index is -4.26. The molecule has 206 valence electrons. The van der Waals surface area contributed by atoms with E-state index < -0.39 is 42.2 Å². The zero-order valence-corrected chi connectivity index (χ0v) is 20.3. The molecule has 2 aromatic heterocycles. The first-order valence-corrected chi connectivity index (χ1v) is 11.5. The first kappa shape index (κ1) is 27.8. The lowest BCUT2D eigenvalue weighted by Crippen LogP contribution is -2.41. The van der Waals surface area contributed by atoms with Crippen LogP contribution in [0.4, 0.5) is 26.3 Å². The first-order valence-electron chi connectivity index (χ1n) is 11.5. The quantitative estimate of drug-likeness (QED) is 0.270. The Morgan fingerprint density at radius 2 is 1.82 bits per heavy atom. The van der Waals surface area contributed by atoms with Crippen LogP contribution in [0.2, 0.25) is 0 Å². The summed E-state index contributed by atoms with van der Waals surface area (Å²) >= 11 is 0. The molecule has 1 N–H and O–H groups in total. The van der Waals surface area contributed by atoms with Gasteiger partial charge in [-0.2, -0.15) is 13.9 Å². The topological polar surface area (TPSA) is 90.9 Å². The predicted molar refractivity (Wildman–Crippen MR) is 127 cm³/mol. The Morgan fingerprint density at radius 1 is 1.08 bits per heavy atom. The van der Waals surface area contributed by atoms with Gasteiger partial charge in [0.2, 0.25) is 0 Å². The zero-order valence-electron chi connectivity index (χ0n) is 20.3. The molecule has 4 rings (SSSR count). The highest BCUT2D eigenvalue weighted by molar-refractivity contribution is 5.67. The van der Waals surface area contributed by atoms with Crippen molar-refractivity contribution in [1.29, 1.82) is 0 Å². The zero-order chi connectivity index (χ0) is 28.2. The van der Waals surface area contributed by atoms with E-state index in [4.69, 9.17) is 4.74 Å². The number of hydrogen-bond acceptors (Lipinski definition) is 6. The van der Waals surface area contributed by atoms with Gasteiger partial charge in [-0.05, 0) is 36.8 Å². The lowest BCUT2D eigenvalue weighted by Gasteiger charge is -2.34. The lowest BCUT2D eigenvalue weighted by molar-refractivity contribution is -0.148. The van der Waals surface area contributed by atoms with E-state index in [1.807, 2.05) is 0 Å². The number of ether oxygens (including phenoxy) is 1. The van der Waals surface area contributed by atoms with E-state index in [0.29, 0.717) is 17.3 Å². The average Bonchev–Trinajstić information content (AvgIpc) is 3.58. The number of hydrogen-bond donors (Lipinski definition) is 1. The Bertz CT molecular complexity index is 1410. The number of aromatic nitrogens is 6. The first-order chi connectivity index (χ1) is 18.5. The van der Waals surface area contributed by atoms with Gasteiger partial charge in [0.1, 0.15) is 41.3 Å². The van der Waals surface area contributed by atoms with Crippen molar-refractivity contribution in [3.63, 3.8) is 0 Å². The summed E-state index contributed by atoms with van der Waals surface area (Å²) in [7, 11) is 0. The Morgan fingerprint density at radius 3 is 2.46 bits per heavy atom. The fourth-order valence-electron chi connectivity index (χ4n) is 3.72. The summed E-state index contributed by atoms with van der Waals surface area (Å²) in [5, 5.41) is 23.7. The number of rotatable bonds is 11. The molecule has 0 radical (unpaired) electrons. The van der Waals surface area contributed by atoms with Crippen molar-refractivity contribution in [3.05, 3.63) is 89.8 Å². The van der Waals surface area contributed by atoms with E-state index in [1.165, 1.54) is 52.5 Å². The molecule has 8 nitrogen and oxygen atoms in total. The van der Waals surface area contributed by atoms with E-state index in [-0.39, 0.29) is 17.9 Å². The van der Waals surface area contributed by atoms with Gasteiger partial charge in [0.05, 0.1) is 18.8 Å². The van der Waals surface area contributed by atoms with Crippen molar-refractivity contribution in [1.82, 2.24) is 29.8 Å². The second-order valence-corrected chi connectivity index (χ2v) is 8.69.